The van der Waals surface area contributed by atoms with Crippen molar-refractivity contribution in [3.05, 3.63) is 43.8 Å². The van der Waals surface area contributed by atoms with Crippen LogP contribution in [0.2, 0.25) is 0 Å². The molecule has 2 fully saturated rings. The van der Waals surface area contributed by atoms with Gasteiger partial charge in [0.15, 0.2) is 0 Å². The van der Waals surface area contributed by atoms with E-state index in [-0.39, 0.29) is 17.0 Å². The molecule has 4 rings (SSSR count). The second-order valence-corrected chi connectivity index (χ2v) is 11.3. The van der Waals surface area contributed by atoms with Crippen LogP contribution in [0, 0.1) is 19.8 Å². The molecule has 2 aliphatic heterocycles. The zero-order chi connectivity index (χ0) is 17.8. The Morgan fingerprint density at radius 2 is 1.42 bits per heavy atom. The van der Waals surface area contributed by atoms with E-state index in [0.29, 0.717) is 5.92 Å². The van der Waals surface area contributed by atoms with Gasteiger partial charge in [-0.15, -0.1) is 22.7 Å². The van der Waals surface area contributed by atoms with Crippen molar-refractivity contribution in [1.29, 1.82) is 0 Å². The summed E-state index contributed by atoms with van der Waals surface area (Å²) in [4.78, 5) is 4.81. The van der Waals surface area contributed by atoms with Gasteiger partial charge in [0, 0.05) is 45.2 Å². The topological polar surface area (TPSA) is 20.2 Å². The van der Waals surface area contributed by atoms with Gasteiger partial charge in [0.25, 0.3) is 0 Å². The highest BCUT2D eigenvalue weighted by Crippen LogP contribution is 2.49. The fourth-order valence-electron chi connectivity index (χ4n) is 5.21. The minimum absolute atomic E-state index is 0. The monoisotopic (exact) mass is 455 g/mol. The molecule has 2 atom stereocenters. The molecular weight excluding hydrogens is 426 g/mol. The average Bonchev–Trinajstić information content (AvgIpc) is 3.18. The zero-order valence-corrected chi connectivity index (χ0v) is 19.4. The summed E-state index contributed by atoms with van der Waals surface area (Å²) in [5.41, 5.74) is -0.809. The maximum atomic E-state index is 11.9. The van der Waals surface area contributed by atoms with E-state index in [9.17, 15) is 5.11 Å². The first-order valence-electron chi connectivity index (χ1n) is 9.48. The number of fused-ring (bicyclic) bond motifs is 2. The van der Waals surface area contributed by atoms with Gasteiger partial charge in [-0.1, -0.05) is 0 Å². The van der Waals surface area contributed by atoms with Gasteiger partial charge in [0.1, 0.15) is 5.60 Å². The first kappa shape index (κ1) is 20.5. The summed E-state index contributed by atoms with van der Waals surface area (Å²) in [6, 6.07) is 10.1. The third-order valence-corrected chi connectivity index (χ3v) is 9.11. The van der Waals surface area contributed by atoms with E-state index in [0.717, 1.165) is 28.3 Å². The number of aryl methyl sites for hydroxylation is 2. The van der Waals surface area contributed by atoms with Crippen molar-refractivity contribution in [3.63, 3.8) is 0 Å². The highest BCUT2D eigenvalue weighted by Gasteiger charge is 2.50. The van der Waals surface area contributed by atoms with Gasteiger partial charge in [-0.25, -0.2) is 0 Å². The van der Waals surface area contributed by atoms with Crippen LogP contribution in [-0.4, -0.2) is 35.8 Å². The van der Waals surface area contributed by atoms with Crippen molar-refractivity contribution >= 4 is 22.7 Å². The van der Waals surface area contributed by atoms with E-state index >= 15 is 0 Å². The second-order valence-electron chi connectivity index (χ2n) is 8.74. The van der Waals surface area contributed by atoms with Gasteiger partial charge < -0.3 is 26.6 Å². The summed E-state index contributed by atoms with van der Waals surface area (Å²) in [5, 5.41) is 11.9. The lowest BCUT2D eigenvalue weighted by atomic mass is 9.79. The summed E-state index contributed by atoms with van der Waals surface area (Å²) in [6.07, 6.45) is 6.13. The van der Waals surface area contributed by atoms with E-state index < -0.39 is 5.60 Å². The lowest BCUT2D eigenvalue weighted by molar-refractivity contribution is -0.931. The van der Waals surface area contributed by atoms with Gasteiger partial charge in [-0.05, 0) is 50.5 Å². The number of nitrogens with zero attached hydrogens (tertiary/aromatic N) is 1. The molecule has 26 heavy (non-hydrogen) atoms. The Labute approximate surface area is 176 Å². The van der Waals surface area contributed by atoms with E-state index in [1.807, 2.05) is 0 Å². The minimum atomic E-state index is -0.809. The molecule has 0 aromatic carbocycles. The van der Waals surface area contributed by atoms with Crippen molar-refractivity contribution in [2.24, 2.45) is 5.92 Å². The third-order valence-electron chi connectivity index (χ3n) is 6.81. The Bertz CT molecular complexity index is 709. The van der Waals surface area contributed by atoms with Crippen LogP contribution in [0.15, 0.2) is 24.3 Å². The maximum absolute atomic E-state index is 11.9. The molecular formula is C21H30BrNOS2. The van der Waals surface area contributed by atoms with Crippen LogP contribution in [0.25, 0.3) is 0 Å². The Balaban J connectivity index is 0.00000196. The normalized spacial score (nSPS) is 27.3. The number of hydrogen-bond acceptors (Lipinski definition) is 3. The molecule has 2 bridgehead atoms. The number of hydrogen-bond donors (Lipinski definition) is 1. The van der Waals surface area contributed by atoms with Crippen LogP contribution in [0.3, 0.4) is 0 Å². The largest absolute Gasteiger partial charge is 1.00 e. The smallest absolute Gasteiger partial charge is 0.133 e. The molecule has 2 unspecified atom stereocenters. The summed E-state index contributed by atoms with van der Waals surface area (Å²) in [6.45, 7) is 4.27. The number of aliphatic hydroxyl groups is 1. The predicted molar refractivity (Wildman–Crippen MR) is 107 cm³/mol. The van der Waals surface area contributed by atoms with Crippen molar-refractivity contribution in [1.82, 2.24) is 0 Å². The molecule has 2 aromatic rings. The van der Waals surface area contributed by atoms with Crippen LogP contribution in [0.1, 0.15) is 51.6 Å². The van der Waals surface area contributed by atoms with Gasteiger partial charge >= 0.3 is 0 Å². The van der Waals surface area contributed by atoms with Crippen molar-refractivity contribution < 1.29 is 26.6 Å². The van der Waals surface area contributed by atoms with Gasteiger partial charge in [0.2, 0.25) is 0 Å². The van der Waals surface area contributed by atoms with Crippen LogP contribution >= 0.6 is 22.7 Å². The minimum Gasteiger partial charge on any atom is -1.00 e. The molecule has 5 heteroatoms. The number of rotatable bonds is 4. The van der Waals surface area contributed by atoms with Crippen molar-refractivity contribution in [2.75, 3.05) is 14.1 Å². The molecule has 144 valence electrons. The molecule has 1 N–H and O–H groups in total. The Kier molecular flexibility index (Phi) is 5.78. The standard InChI is InChI=1S/C21H30NOS2.BrH/c1-14-5-9-19(24-14)21(23,20-10-6-15(2)25-20)13-16-11-17-7-8-18(12-16)22(17,3)4;/h5-6,9-10,16-18,23H,7-8,11-13H2,1-4H3;1H/q+1;/p-1. The van der Waals surface area contributed by atoms with E-state index in [4.69, 9.17) is 0 Å². The molecule has 0 amide bonds. The van der Waals surface area contributed by atoms with Crippen LogP contribution in [0.4, 0.5) is 0 Å². The molecule has 0 aliphatic carbocycles. The van der Waals surface area contributed by atoms with E-state index in [2.05, 4.69) is 52.2 Å². The van der Waals surface area contributed by atoms with Gasteiger partial charge in [0.05, 0.1) is 26.2 Å². The van der Waals surface area contributed by atoms with Gasteiger partial charge in [-0.3, -0.25) is 0 Å². The second kappa shape index (κ2) is 7.32. The van der Waals surface area contributed by atoms with Crippen LogP contribution in [-0.2, 0) is 5.60 Å². The van der Waals surface area contributed by atoms with E-state index in [1.54, 1.807) is 22.7 Å². The van der Waals surface area contributed by atoms with Gasteiger partial charge in [-0.2, -0.15) is 0 Å². The molecule has 2 aromatic heterocycles. The number of piperidine rings is 1. The molecule has 4 heterocycles. The van der Waals surface area contributed by atoms with E-state index in [1.165, 1.54) is 39.9 Å². The SMILES string of the molecule is Cc1ccc(C(O)(CC2CC3CCC(C2)[N+]3(C)C)c2ccc(C)s2)s1.[Br-]. The highest BCUT2D eigenvalue weighted by atomic mass is 79.9. The molecule has 0 radical (unpaired) electrons. The Morgan fingerprint density at radius 1 is 0.962 bits per heavy atom. The lowest BCUT2D eigenvalue weighted by Crippen LogP contribution is -3.00. The fourth-order valence-corrected chi connectivity index (χ4v) is 7.24. The Hall–Kier alpha value is -0.200. The molecule has 2 aliphatic rings. The Morgan fingerprint density at radius 3 is 1.81 bits per heavy atom. The van der Waals surface area contributed by atoms with Crippen LogP contribution in [0.5, 0.6) is 0 Å². The first-order valence-corrected chi connectivity index (χ1v) is 11.1. The molecule has 0 saturated carbocycles. The fraction of sp³-hybridized carbons (Fsp3) is 0.619. The third kappa shape index (κ3) is 3.46. The number of quaternary nitrogens is 1. The lowest BCUT2D eigenvalue weighted by Gasteiger charge is -2.45. The quantitative estimate of drug-likeness (QED) is 0.699. The summed E-state index contributed by atoms with van der Waals surface area (Å²) in [7, 11) is 4.83. The predicted octanol–water partition coefficient (Wildman–Crippen LogP) is 2.07. The van der Waals surface area contributed by atoms with Crippen molar-refractivity contribution in [3.8, 4) is 0 Å². The summed E-state index contributed by atoms with van der Waals surface area (Å²) >= 11 is 3.51. The summed E-state index contributed by atoms with van der Waals surface area (Å²) < 4.78 is 1.20. The number of halogens is 1. The van der Waals surface area contributed by atoms with Crippen LogP contribution < -0.4 is 17.0 Å². The molecule has 0 spiro atoms. The first-order chi connectivity index (χ1) is 11.8. The zero-order valence-electron chi connectivity index (χ0n) is 16.2. The molecule has 2 nitrogen and oxygen atoms in total. The van der Waals surface area contributed by atoms with Crippen molar-refractivity contribution in [2.45, 2.75) is 63.6 Å². The maximum Gasteiger partial charge on any atom is 0.133 e. The number of thiophene rings is 2. The summed E-state index contributed by atoms with van der Waals surface area (Å²) in [5.74, 6) is 0.624. The average molecular weight is 457 g/mol. The molecule has 2 saturated heterocycles. The highest BCUT2D eigenvalue weighted by molar-refractivity contribution is 7.13.